The summed E-state index contributed by atoms with van der Waals surface area (Å²) < 4.78 is 0. The van der Waals surface area contributed by atoms with Gasteiger partial charge in [0.25, 0.3) is 0 Å². The molecule has 0 radical (unpaired) electrons. The van der Waals surface area contributed by atoms with Gasteiger partial charge in [0.15, 0.2) is 5.82 Å². The van der Waals surface area contributed by atoms with Crippen LogP contribution in [0, 0.1) is 5.92 Å². The maximum absolute atomic E-state index is 4.43. The van der Waals surface area contributed by atoms with E-state index in [0.29, 0.717) is 5.92 Å². The molecule has 3 rings (SSSR count). The summed E-state index contributed by atoms with van der Waals surface area (Å²) in [5.41, 5.74) is 4.12. The van der Waals surface area contributed by atoms with Crippen molar-refractivity contribution in [1.82, 2.24) is 20.2 Å². The minimum atomic E-state index is 0.410. The predicted octanol–water partition coefficient (Wildman–Crippen LogP) is 2.83. The molecule has 112 valence electrons. The molecule has 0 amide bonds. The molecule has 0 N–H and O–H groups in total. The zero-order chi connectivity index (χ0) is 14.8. The third kappa shape index (κ3) is 2.96. The number of hydrogen-bond acceptors (Lipinski definition) is 4. The van der Waals surface area contributed by atoms with Crippen molar-refractivity contribution >= 4 is 5.71 Å². The number of tetrazole rings is 1. The molecule has 5 heteroatoms. The molecule has 1 heterocycles. The number of nitrogens with zero attached hydrogens (tertiary/aromatic N) is 5. The van der Waals surface area contributed by atoms with Gasteiger partial charge in [-0.3, -0.25) is 4.99 Å². The molecule has 5 nitrogen and oxygen atoms in total. The molecule has 0 spiro atoms. The number of allylic oxidation sites excluding steroid dienone is 3. The zero-order valence-electron chi connectivity index (χ0n) is 12.9. The van der Waals surface area contributed by atoms with Crippen LogP contribution in [-0.4, -0.2) is 33.0 Å². The van der Waals surface area contributed by atoms with Gasteiger partial charge in [-0.05, 0) is 61.3 Å². The van der Waals surface area contributed by atoms with E-state index in [0.717, 1.165) is 43.1 Å². The van der Waals surface area contributed by atoms with E-state index < -0.39 is 0 Å². The van der Waals surface area contributed by atoms with Crippen molar-refractivity contribution in [3.05, 3.63) is 29.6 Å². The van der Waals surface area contributed by atoms with Crippen LogP contribution in [0.5, 0.6) is 0 Å². The quantitative estimate of drug-likeness (QED) is 0.799. The average Bonchev–Trinajstić information content (AvgIpc) is 3.26. The first-order chi connectivity index (χ1) is 10.2. The van der Waals surface area contributed by atoms with Crippen LogP contribution in [0.1, 0.15) is 50.3 Å². The van der Waals surface area contributed by atoms with Gasteiger partial charge in [-0.1, -0.05) is 12.2 Å². The second kappa shape index (κ2) is 5.92. The lowest BCUT2D eigenvalue weighted by Gasteiger charge is -2.11. The van der Waals surface area contributed by atoms with E-state index >= 15 is 0 Å². The first kappa shape index (κ1) is 14.2. The van der Waals surface area contributed by atoms with Crippen molar-refractivity contribution in [3.8, 4) is 0 Å². The fraction of sp³-hybridized carbons (Fsp3) is 0.625. The van der Waals surface area contributed by atoms with E-state index in [4.69, 9.17) is 0 Å². The molecular formula is C16H23N5. The Labute approximate surface area is 125 Å². The van der Waals surface area contributed by atoms with Crippen molar-refractivity contribution in [2.45, 2.75) is 44.4 Å². The molecule has 21 heavy (non-hydrogen) atoms. The fourth-order valence-electron chi connectivity index (χ4n) is 3.35. The first-order valence-electron chi connectivity index (χ1n) is 7.78. The molecule has 2 aliphatic carbocycles. The molecule has 0 aromatic carbocycles. The maximum Gasteiger partial charge on any atom is 0.177 e. The van der Waals surface area contributed by atoms with E-state index in [1.165, 1.54) is 18.4 Å². The molecule has 1 unspecified atom stereocenters. The topological polar surface area (TPSA) is 56.0 Å². The monoisotopic (exact) mass is 285 g/mol. The summed E-state index contributed by atoms with van der Waals surface area (Å²) in [6, 6.07) is 0. The van der Waals surface area contributed by atoms with E-state index in [-0.39, 0.29) is 0 Å². The number of aliphatic imine (C=N–C) groups is 1. The Morgan fingerprint density at radius 3 is 2.57 bits per heavy atom. The molecule has 0 aliphatic heterocycles. The second-order valence-electron chi connectivity index (χ2n) is 6.00. The van der Waals surface area contributed by atoms with Gasteiger partial charge < -0.3 is 0 Å². The standard InChI is InChI=1S/C16H23N5/c1-4-15(17-2)14-10-8-12(16-18-20-21(3)19-16)7-9-13(14)11-5-6-11/h4,11-12H,1,5-10H2,2-3H3. The normalized spacial score (nSPS) is 24.1. The third-order valence-electron chi connectivity index (χ3n) is 4.60. The summed E-state index contributed by atoms with van der Waals surface area (Å²) in [5.74, 6) is 2.08. The smallest absolute Gasteiger partial charge is 0.177 e. The van der Waals surface area contributed by atoms with Gasteiger partial charge in [0.05, 0.1) is 12.8 Å². The van der Waals surface area contributed by atoms with Crippen LogP contribution in [0.15, 0.2) is 28.8 Å². The fourth-order valence-corrected chi connectivity index (χ4v) is 3.35. The van der Waals surface area contributed by atoms with Crippen LogP contribution in [0.2, 0.25) is 0 Å². The van der Waals surface area contributed by atoms with E-state index in [2.05, 4.69) is 27.0 Å². The first-order valence-corrected chi connectivity index (χ1v) is 7.78. The van der Waals surface area contributed by atoms with Crippen molar-refractivity contribution < 1.29 is 0 Å². The van der Waals surface area contributed by atoms with E-state index in [1.807, 2.05) is 20.2 Å². The molecule has 0 saturated heterocycles. The second-order valence-corrected chi connectivity index (χ2v) is 6.00. The summed E-state index contributed by atoms with van der Waals surface area (Å²) in [4.78, 5) is 5.98. The van der Waals surface area contributed by atoms with Crippen LogP contribution in [0.3, 0.4) is 0 Å². The van der Waals surface area contributed by atoms with Gasteiger partial charge in [0.1, 0.15) is 0 Å². The number of rotatable bonds is 4. The van der Waals surface area contributed by atoms with Crippen LogP contribution in [0.25, 0.3) is 0 Å². The summed E-state index contributed by atoms with van der Waals surface area (Å²) in [6.45, 7) is 3.93. The minimum Gasteiger partial charge on any atom is -0.288 e. The number of aryl methyl sites for hydroxylation is 1. The number of hydrogen-bond donors (Lipinski definition) is 0. The summed E-state index contributed by atoms with van der Waals surface area (Å²) in [6.07, 6.45) is 8.95. The Morgan fingerprint density at radius 1 is 1.24 bits per heavy atom. The van der Waals surface area contributed by atoms with Crippen LogP contribution >= 0.6 is 0 Å². The van der Waals surface area contributed by atoms with Crippen molar-refractivity contribution in [1.29, 1.82) is 0 Å². The highest BCUT2D eigenvalue weighted by atomic mass is 15.6. The van der Waals surface area contributed by atoms with Crippen molar-refractivity contribution in [2.24, 2.45) is 18.0 Å². The SMILES string of the molecule is C=CC(=NC)C1=C(C2CC2)CCC(c2nnn(C)n2)CC1. The van der Waals surface area contributed by atoms with Gasteiger partial charge >= 0.3 is 0 Å². The molecule has 1 aromatic rings. The van der Waals surface area contributed by atoms with Gasteiger partial charge in [-0.2, -0.15) is 4.80 Å². The highest BCUT2D eigenvalue weighted by Crippen LogP contribution is 2.45. The molecule has 1 fully saturated rings. The van der Waals surface area contributed by atoms with Crippen molar-refractivity contribution in [3.63, 3.8) is 0 Å². The highest BCUT2D eigenvalue weighted by molar-refractivity contribution is 6.08. The van der Waals surface area contributed by atoms with Gasteiger partial charge in [-0.15, -0.1) is 10.2 Å². The Morgan fingerprint density at radius 2 is 2.00 bits per heavy atom. The maximum atomic E-state index is 4.43. The zero-order valence-corrected chi connectivity index (χ0v) is 12.9. The molecule has 0 bridgehead atoms. The Hall–Kier alpha value is -1.78. The minimum absolute atomic E-state index is 0.410. The summed E-state index contributed by atoms with van der Waals surface area (Å²) >= 11 is 0. The largest absolute Gasteiger partial charge is 0.288 e. The van der Waals surface area contributed by atoms with Gasteiger partial charge in [0, 0.05) is 13.0 Å². The summed E-state index contributed by atoms with van der Waals surface area (Å²) in [7, 11) is 3.69. The Bertz CT molecular complexity index is 592. The molecular weight excluding hydrogens is 262 g/mol. The molecule has 1 atom stereocenters. The highest BCUT2D eigenvalue weighted by Gasteiger charge is 2.32. The summed E-state index contributed by atoms with van der Waals surface area (Å²) in [5, 5.41) is 12.6. The van der Waals surface area contributed by atoms with Gasteiger partial charge in [0.2, 0.25) is 0 Å². The predicted molar refractivity (Wildman–Crippen MR) is 83.3 cm³/mol. The molecule has 1 saturated carbocycles. The average molecular weight is 285 g/mol. The van der Waals surface area contributed by atoms with Gasteiger partial charge in [-0.25, -0.2) is 0 Å². The lowest BCUT2D eigenvalue weighted by molar-refractivity contribution is 0.555. The Kier molecular flexibility index (Phi) is 3.99. The van der Waals surface area contributed by atoms with Crippen LogP contribution < -0.4 is 0 Å². The lowest BCUT2D eigenvalue weighted by Crippen LogP contribution is -2.04. The van der Waals surface area contributed by atoms with Crippen LogP contribution in [0.4, 0.5) is 0 Å². The van der Waals surface area contributed by atoms with Crippen LogP contribution in [-0.2, 0) is 7.05 Å². The Balaban J connectivity index is 1.83. The van der Waals surface area contributed by atoms with E-state index in [1.54, 1.807) is 10.4 Å². The third-order valence-corrected chi connectivity index (χ3v) is 4.60. The number of aromatic nitrogens is 4. The molecule has 2 aliphatic rings. The lowest BCUT2D eigenvalue weighted by atomic mass is 9.95. The van der Waals surface area contributed by atoms with E-state index in [9.17, 15) is 0 Å². The van der Waals surface area contributed by atoms with Crippen molar-refractivity contribution in [2.75, 3.05) is 7.05 Å². The molecule has 1 aromatic heterocycles.